The molecule has 2 aromatic heterocycles. The normalized spacial score (nSPS) is 16.2. The van der Waals surface area contributed by atoms with E-state index in [4.69, 9.17) is 9.47 Å². The van der Waals surface area contributed by atoms with Crippen LogP contribution >= 0.6 is 15.9 Å². The monoisotopic (exact) mass is 821 g/mol. The number of halogens is 1. The van der Waals surface area contributed by atoms with Crippen molar-refractivity contribution in [1.29, 1.82) is 0 Å². The zero-order valence-electron chi connectivity index (χ0n) is 31.2. The Bertz CT molecular complexity index is 1960. The molecule has 0 radical (unpaired) electrons. The third-order valence-corrected chi connectivity index (χ3v) is 10.9. The molecular weight excluding hydrogens is 774 g/mol. The lowest BCUT2D eigenvalue weighted by atomic mass is 9.96. The van der Waals surface area contributed by atoms with Crippen LogP contribution in [0.25, 0.3) is 10.9 Å². The van der Waals surface area contributed by atoms with Gasteiger partial charge in [-0.1, -0.05) is 20.9 Å². The summed E-state index contributed by atoms with van der Waals surface area (Å²) in [6.07, 6.45) is 7.26. The second-order valence-corrected chi connectivity index (χ2v) is 15.2. The second-order valence-electron chi connectivity index (χ2n) is 14.3. The molecule has 0 spiro atoms. The number of carbonyl (C=O) groups excluding carboxylic acids is 2. The van der Waals surface area contributed by atoms with Crippen molar-refractivity contribution in [1.82, 2.24) is 34.6 Å². The number of ether oxygens (including phenoxy) is 2. The molecule has 55 heavy (non-hydrogen) atoms. The molecule has 2 amide bonds. The van der Waals surface area contributed by atoms with Gasteiger partial charge in [-0.15, -0.1) is 0 Å². The van der Waals surface area contributed by atoms with Crippen molar-refractivity contribution < 1.29 is 29.1 Å². The number of β-amino-alcohol motifs (C(OH)–C–C–N with tert-alkyl or cyclic N) is 1. The summed E-state index contributed by atoms with van der Waals surface area (Å²) in [5.41, 5.74) is 2.74. The Hall–Kier alpha value is -4.87. The van der Waals surface area contributed by atoms with E-state index in [0.717, 1.165) is 65.4 Å². The first-order valence-electron chi connectivity index (χ1n) is 18.7. The molecule has 3 N–H and O–H groups in total. The van der Waals surface area contributed by atoms with Gasteiger partial charge in [0.1, 0.15) is 24.5 Å². The highest BCUT2D eigenvalue weighted by Gasteiger charge is 2.26. The van der Waals surface area contributed by atoms with Gasteiger partial charge in [0.25, 0.3) is 0 Å². The Morgan fingerprint density at radius 3 is 2.51 bits per heavy atom. The quantitative estimate of drug-likeness (QED) is 0.103. The van der Waals surface area contributed by atoms with Crippen molar-refractivity contribution in [2.45, 2.75) is 58.1 Å². The number of nitrogens with one attached hydrogen (secondary N) is 2. The lowest BCUT2D eigenvalue weighted by molar-refractivity contribution is -0.397. The van der Waals surface area contributed by atoms with Crippen molar-refractivity contribution in [3.05, 3.63) is 69.2 Å². The fraction of sp³-hybridized carbons (Fsp3) is 0.500. The number of imidazole rings is 1. The zero-order valence-corrected chi connectivity index (χ0v) is 32.7. The van der Waals surface area contributed by atoms with Crippen LogP contribution in [-0.2, 0) is 16.1 Å². The largest absolute Gasteiger partial charge is 0.493 e. The van der Waals surface area contributed by atoms with E-state index in [2.05, 4.69) is 46.4 Å². The smallest absolute Gasteiger partial charge is 0.434 e. The van der Waals surface area contributed by atoms with Gasteiger partial charge in [-0.05, 0) is 92.3 Å². The van der Waals surface area contributed by atoms with Gasteiger partial charge in [0.2, 0.25) is 11.8 Å². The number of carbonyl (C=O) groups is 2. The number of hydrogen-bond acceptors (Lipinski definition) is 12. The first-order valence-corrected chi connectivity index (χ1v) is 19.4. The fourth-order valence-corrected chi connectivity index (χ4v) is 7.66. The number of aliphatic hydroxyl groups is 1. The number of aryl methyl sites for hydroxylation is 1. The summed E-state index contributed by atoms with van der Waals surface area (Å²) in [5.74, 6) is 2.01. The van der Waals surface area contributed by atoms with Crippen LogP contribution in [0.1, 0.15) is 44.1 Å². The third-order valence-electron chi connectivity index (χ3n) is 10.4. The second kappa shape index (κ2) is 18.6. The number of amides is 2. The maximum atomic E-state index is 13.0. The highest BCUT2D eigenvalue weighted by atomic mass is 79.9. The number of likely N-dealkylation sites (tertiary alicyclic amines) is 2. The molecule has 2 fully saturated rings. The Kier molecular flexibility index (Phi) is 13.5. The lowest BCUT2D eigenvalue weighted by Gasteiger charge is -2.33. The molecule has 1 atom stereocenters. The number of anilines is 2. The van der Waals surface area contributed by atoms with Crippen LogP contribution in [0, 0.1) is 28.9 Å². The van der Waals surface area contributed by atoms with Crippen molar-refractivity contribution in [3.63, 3.8) is 0 Å². The Morgan fingerprint density at radius 2 is 1.78 bits per heavy atom. The van der Waals surface area contributed by atoms with E-state index in [1.807, 2.05) is 42.2 Å². The van der Waals surface area contributed by atoms with Gasteiger partial charge in [-0.25, -0.2) is 14.5 Å². The third kappa shape index (κ3) is 10.7. The van der Waals surface area contributed by atoms with Crippen molar-refractivity contribution >= 4 is 56.1 Å². The molecule has 17 heteroatoms. The van der Waals surface area contributed by atoms with E-state index in [-0.39, 0.29) is 43.1 Å². The number of nitro groups is 1. The van der Waals surface area contributed by atoms with E-state index in [9.17, 15) is 24.8 Å². The number of aromatic nitrogens is 4. The average molecular weight is 823 g/mol. The van der Waals surface area contributed by atoms with Gasteiger partial charge in [0.05, 0.1) is 31.9 Å². The SMILES string of the molecule is COc1cc2c(Nc3ccc(Br)cc3C)ncnc2cc1OCC1CCN(C(=O)CCC(=O)NCC2CCN(CC(O)Cn3ccnc3[N+](=O)[O-])CC2)CC1. The van der Waals surface area contributed by atoms with Gasteiger partial charge in [-0.3, -0.25) is 9.59 Å². The van der Waals surface area contributed by atoms with Gasteiger partial charge in [0.15, 0.2) is 11.5 Å². The number of benzene rings is 2. The topological polar surface area (TPSA) is 190 Å². The Balaban J connectivity index is 0.878. The zero-order chi connectivity index (χ0) is 38.9. The molecule has 2 aliphatic heterocycles. The number of aliphatic hydroxyl groups excluding tert-OH is 1. The highest BCUT2D eigenvalue weighted by Crippen LogP contribution is 2.36. The minimum atomic E-state index is -0.762. The van der Waals surface area contributed by atoms with Crippen molar-refractivity contribution in [2.75, 3.05) is 58.3 Å². The molecule has 4 aromatic rings. The maximum absolute atomic E-state index is 13.0. The summed E-state index contributed by atoms with van der Waals surface area (Å²) in [5, 5.41) is 28.8. The van der Waals surface area contributed by atoms with E-state index in [1.54, 1.807) is 7.11 Å². The summed E-state index contributed by atoms with van der Waals surface area (Å²) in [7, 11) is 1.61. The van der Waals surface area contributed by atoms with E-state index in [1.165, 1.54) is 23.3 Å². The van der Waals surface area contributed by atoms with Crippen molar-refractivity contribution in [2.24, 2.45) is 11.8 Å². The molecule has 1 unspecified atom stereocenters. The van der Waals surface area contributed by atoms with Crippen LogP contribution in [0.2, 0.25) is 0 Å². The molecular formula is C38H48BrN9O7. The van der Waals surface area contributed by atoms with Gasteiger partial charge < -0.3 is 45.1 Å². The van der Waals surface area contributed by atoms with E-state index in [0.29, 0.717) is 56.0 Å². The summed E-state index contributed by atoms with van der Waals surface area (Å²) < 4.78 is 14.3. The molecule has 6 rings (SSSR count). The van der Waals surface area contributed by atoms with Gasteiger partial charge in [-0.2, -0.15) is 0 Å². The summed E-state index contributed by atoms with van der Waals surface area (Å²) in [6.45, 7) is 6.33. The van der Waals surface area contributed by atoms with Gasteiger partial charge >= 0.3 is 5.95 Å². The van der Waals surface area contributed by atoms with Crippen molar-refractivity contribution in [3.8, 4) is 11.5 Å². The Labute approximate surface area is 327 Å². The minimum Gasteiger partial charge on any atom is -0.493 e. The molecule has 4 heterocycles. The van der Waals surface area contributed by atoms with E-state index < -0.39 is 11.0 Å². The highest BCUT2D eigenvalue weighted by molar-refractivity contribution is 9.10. The molecule has 2 saturated heterocycles. The number of piperidine rings is 2. The molecule has 2 aromatic carbocycles. The van der Waals surface area contributed by atoms with Crippen LogP contribution in [0.4, 0.5) is 17.5 Å². The van der Waals surface area contributed by atoms with Crippen LogP contribution in [0.5, 0.6) is 11.5 Å². The number of fused-ring (bicyclic) bond motifs is 1. The van der Waals surface area contributed by atoms with Crippen LogP contribution in [0.3, 0.4) is 0 Å². The lowest BCUT2D eigenvalue weighted by Crippen LogP contribution is -2.42. The Morgan fingerprint density at radius 1 is 1.02 bits per heavy atom. The molecule has 0 aliphatic carbocycles. The molecule has 0 saturated carbocycles. The van der Waals surface area contributed by atoms with Crippen LogP contribution in [0.15, 0.2) is 53.5 Å². The molecule has 294 valence electrons. The molecule has 0 bridgehead atoms. The number of hydrogen-bond donors (Lipinski definition) is 3. The standard InChI is InChI=1S/C38H48BrN9O7/c1-25-17-28(39)3-4-31(25)44-37-30-18-33(54-2)34(19-32(30)42-24-43-37)55-23-27-9-14-46(15-10-27)36(51)6-5-35(50)41-20-26-7-12-45(13-8-26)21-29(49)22-47-16-11-40-38(47)48(52)53/h3-4,11,16-19,24,26-27,29,49H,5-10,12-15,20-23H2,1-2H3,(H,41,50)(H,42,43,44). The van der Waals surface area contributed by atoms with Crippen LogP contribution in [-0.4, -0.2) is 110 Å². The van der Waals surface area contributed by atoms with Crippen LogP contribution < -0.4 is 20.1 Å². The molecule has 2 aliphatic rings. The summed E-state index contributed by atoms with van der Waals surface area (Å²) in [6, 6.07) is 9.77. The summed E-state index contributed by atoms with van der Waals surface area (Å²) in [4.78, 5) is 52.8. The predicted molar refractivity (Wildman–Crippen MR) is 209 cm³/mol. The first-order chi connectivity index (χ1) is 26.6. The minimum absolute atomic E-state index is 0.0129. The summed E-state index contributed by atoms with van der Waals surface area (Å²) >= 11 is 3.51. The average Bonchev–Trinajstić information content (AvgIpc) is 3.65. The number of methoxy groups -OCH3 is 1. The maximum Gasteiger partial charge on any atom is 0.434 e. The number of rotatable bonds is 16. The van der Waals surface area contributed by atoms with E-state index >= 15 is 0 Å². The fourth-order valence-electron chi connectivity index (χ4n) is 7.18. The predicted octanol–water partition coefficient (Wildman–Crippen LogP) is 4.84. The molecule has 16 nitrogen and oxygen atoms in total. The first kappa shape index (κ1) is 39.8. The number of nitrogens with zero attached hydrogens (tertiary/aromatic N) is 7. The van der Waals surface area contributed by atoms with Gasteiger partial charge in [0, 0.05) is 60.6 Å².